The van der Waals surface area contributed by atoms with Crippen molar-refractivity contribution in [1.82, 2.24) is 15.0 Å². The van der Waals surface area contributed by atoms with E-state index in [9.17, 15) is 4.79 Å². The molecule has 5 heteroatoms. The summed E-state index contributed by atoms with van der Waals surface area (Å²) in [6.07, 6.45) is 1.79. The Kier molecular flexibility index (Phi) is 3.39. The van der Waals surface area contributed by atoms with Gasteiger partial charge in [0, 0.05) is 12.4 Å². The van der Waals surface area contributed by atoms with Gasteiger partial charge < -0.3 is 4.74 Å². The predicted molar refractivity (Wildman–Crippen MR) is 79.3 cm³/mol. The van der Waals surface area contributed by atoms with E-state index < -0.39 is 0 Å². The number of rotatable bonds is 4. The molecule has 3 rings (SSSR count). The second-order valence-electron chi connectivity index (χ2n) is 4.89. The summed E-state index contributed by atoms with van der Waals surface area (Å²) in [6.45, 7) is 1.82. The van der Waals surface area contributed by atoms with Crippen molar-refractivity contribution in [3.63, 3.8) is 0 Å². The Hall–Kier alpha value is -2.69. The lowest BCUT2D eigenvalue weighted by Crippen LogP contribution is -2.02. The summed E-state index contributed by atoms with van der Waals surface area (Å²) in [6, 6.07) is 11.6. The Balaban J connectivity index is 2.01. The van der Waals surface area contributed by atoms with Gasteiger partial charge in [-0.15, -0.1) is 5.10 Å². The third kappa shape index (κ3) is 2.63. The summed E-state index contributed by atoms with van der Waals surface area (Å²) >= 11 is 0. The number of ketones is 1. The molecule has 0 aliphatic carbocycles. The first-order chi connectivity index (χ1) is 10.1. The Morgan fingerprint density at radius 1 is 1.24 bits per heavy atom. The molecule has 0 amide bonds. The van der Waals surface area contributed by atoms with Crippen LogP contribution in [0.4, 0.5) is 0 Å². The number of carbonyl (C=O) groups is 1. The van der Waals surface area contributed by atoms with Gasteiger partial charge in [0.2, 0.25) is 0 Å². The van der Waals surface area contributed by atoms with Crippen LogP contribution in [0.3, 0.4) is 0 Å². The lowest BCUT2D eigenvalue weighted by molar-refractivity contribution is 0.101. The van der Waals surface area contributed by atoms with Gasteiger partial charge in [-0.3, -0.25) is 9.48 Å². The summed E-state index contributed by atoms with van der Waals surface area (Å²) < 4.78 is 7.49. The van der Waals surface area contributed by atoms with Crippen molar-refractivity contribution < 1.29 is 9.53 Å². The van der Waals surface area contributed by atoms with E-state index in [1.807, 2.05) is 30.3 Å². The van der Waals surface area contributed by atoms with Crippen molar-refractivity contribution >= 4 is 16.6 Å². The molecule has 1 aromatic heterocycles. The average molecular weight is 281 g/mol. The molecule has 0 fully saturated rings. The highest BCUT2D eigenvalue weighted by molar-refractivity contribution is 6.03. The van der Waals surface area contributed by atoms with Crippen molar-refractivity contribution in [3.05, 3.63) is 53.9 Å². The lowest BCUT2D eigenvalue weighted by Gasteiger charge is -2.12. The van der Waals surface area contributed by atoms with E-state index in [2.05, 4.69) is 10.3 Å². The molecular weight excluding hydrogens is 266 g/mol. The van der Waals surface area contributed by atoms with Gasteiger partial charge in [0.05, 0.1) is 11.8 Å². The standard InChI is InChI=1S/C16H15N3O2/c1-11(20)14-8-7-12-5-3-4-6-15(12)16(14)21-10-13-9-19(2)18-17-13/h3-9H,10H2,1-2H3. The summed E-state index contributed by atoms with van der Waals surface area (Å²) in [5.41, 5.74) is 1.30. The van der Waals surface area contributed by atoms with Gasteiger partial charge in [-0.05, 0) is 18.4 Å². The van der Waals surface area contributed by atoms with Crippen LogP contribution >= 0.6 is 0 Å². The van der Waals surface area contributed by atoms with Crippen LogP contribution in [0.15, 0.2) is 42.6 Å². The average Bonchev–Trinajstić information content (AvgIpc) is 2.90. The second-order valence-corrected chi connectivity index (χ2v) is 4.89. The smallest absolute Gasteiger partial charge is 0.163 e. The van der Waals surface area contributed by atoms with Gasteiger partial charge in [0.15, 0.2) is 5.78 Å². The van der Waals surface area contributed by atoms with Gasteiger partial charge in [-0.25, -0.2) is 0 Å². The van der Waals surface area contributed by atoms with Gasteiger partial charge in [0.1, 0.15) is 18.1 Å². The Morgan fingerprint density at radius 2 is 2.05 bits per heavy atom. The minimum atomic E-state index is -0.0186. The largest absolute Gasteiger partial charge is 0.486 e. The van der Waals surface area contributed by atoms with Crippen LogP contribution in [0.1, 0.15) is 23.0 Å². The number of nitrogens with zero attached hydrogens (tertiary/aromatic N) is 3. The maximum absolute atomic E-state index is 11.8. The number of benzene rings is 2. The van der Waals surface area contributed by atoms with Crippen LogP contribution in [0, 0.1) is 0 Å². The molecule has 21 heavy (non-hydrogen) atoms. The molecule has 0 aliphatic rings. The Bertz CT molecular complexity index is 808. The SMILES string of the molecule is CC(=O)c1ccc2ccccc2c1OCc1cn(C)nn1. The molecule has 0 unspecified atom stereocenters. The van der Waals surface area contributed by atoms with E-state index >= 15 is 0 Å². The van der Waals surface area contributed by atoms with Crippen LogP contribution in [0.25, 0.3) is 10.8 Å². The summed E-state index contributed by atoms with van der Waals surface area (Å²) in [5, 5.41) is 9.82. The zero-order chi connectivity index (χ0) is 14.8. The van der Waals surface area contributed by atoms with Crippen molar-refractivity contribution in [2.24, 2.45) is 7.05 Å². The number of ether oxygens (including phenoxy) is 1. The topological polar surface area (TPSA) is 57.0 Å². The van der Waals surface area contributed by atoms with Gasteiger partial charge in [-0.2, -0.15) is 0 Å². The van der Waals surface area contributed by atoms with Gasteiger partial charge >= 0.3 is 0 Å². The molecule has 0 atom stereocenters. The van der Waals surface area contributed by atoms with E-state index in [0.29, 0.717) is 11.3 Å². The monoisotopic (exact) mass is 281 g/mol. The van der Waals surface area contributed by atoms with Crippen LogP contribution in [-0.4, -0.2) is 20.8 Å². The highest BCUT2D eigenvalue weighted by atomic mass is 16.5. The molecule has 0 radical (unpaired) electrons. The molecule has 0 aliphatic heterocycles. The fraction of sp³-hybridized carbons (Fsp3) is 0.188. The molecular formula is C16H15N3O2. The first-order valence-corrected chi connectivity index (χ1v) is 6.66. The summed E-state index contributed by atoms with van der Waals surface area (Å²) in [4.78, 5) is 11.8. The third-order valence-corrected chi connectivity index (χ3v) is 3.27. The quantitative estimate of drug-likeness (QED) is 0.690. The zero-order valence-corrected chi connectivity index (χ0v) is 11.9. The van der Waals surface area contributed by atoms with Crippen LogP contribution in [0.2, 0.25) is 0 Å². The lowest BCUT2D eigenvalue weighted by atomic mass is 10.0. The number of carbonyl (C=O) groups excluding carboxylic acids is 1. The Morgan fingerprint density at radius 3 is 2.76 bits per heavy atom. The normalized spacial score (nSPS) is 10.8. The molecule has 106 valence electrons. The predicted octanol–water partition coefficient (Wildman–Crippen LogP) is 2.75. The number of aryl methyl sites for hydroxylation is 1. The first kappa shape index (κ1) is 13.3. The first-order valence-electron chi connectivity index (χ1n) is 6.66. The van der Waals surface area contributed by atoms with Crippen molar-refractivity contribution in [2.75, 3.05) is 0 Å². The highest BCUT2D eigenvalue weighted by Crippen LogP contribution is 2.30. The number of Topliss-reactive ketones (excluding diaryl/α,β-unsaturated/α-hetero) is 1. The molecule has 0 N–H and O–H groups in total. The molecule has 1 heterocycles. The van der Waals surface area contributed by atoms with Crippen molar-refractivity contribution in [1.29, 1.82) is 0 Å². The molecule has 0 saturated carbocycles. The van der Waals surface area contributed by atoms with Gasteiger partial charge in [-0.1, -0.05) is 35.5 Å². The van der Waals surface area contributed by atoms with Gasteiger partial charge in [0.25, 0.3) is 0 Å². The Labute approximate surface area is 122 Å². The fourth-order valence-electron chi connectivity index (χ4n) is 2.28. The molecule has 2 aromatic carbocycles. The second kappa shape index (κ2) is 5.36. The van der Waals surface area contributed by atoms with E-state index in [1.54, 1.807) is 30.9 Å². The van der Waals surface area contributed by atoms with Crippen molar-refractivity contribution in [2.45, 2.75) is 13.5 Å². The molecule has 0 saturated heterocycles. The number of hydrogen-bond donors (Lipinski definition) is 0. The minimum absolute atomic E-state index is 0.0186. The van der Waals surface area contributed by atoms with E-state index in [-0.39, 0.29) is 12.4 Å². The van der Waals surface area contributed by atoms with Crippen LogP contribution in [0.5, 0.6) is 5.75 Å². The number of fused-ring (bicyclic) bond motifs is 1. The van der Waals surface area contributed by atoms with E-state index in [4.69, 9.17) is 4.74 Å². The van der Waals surface area contributed by atoms with Crippen LogP contribution < -0.4 is 4.74 Å². The number of hydrogen-bond acceptors (Lipinski definition) is 4. The summed E-state index contributed by atoms with van der Waals surface area (Å²) in [7, 11) is 1.80. The van der Waals surface area contributed by atoms with Crippen molar-refractivity contribution in [3.8, 4) is 5.75 Å². The molecule has 3 aromatic rings. The van der Waals surface area contributed by atoms with E-state index in [1.165, 1.54) is 0 Å². The minimum Gasteiger partial charge on any atom is -0.486 e. The maximum atomic E-state index is 11.8. The third-order valence-electron chi connectivity index (χ3n) is 3.27. The van der Waals surface area contributed by atoms with E-state index in [0.717, 1.165) is 16.5 Å². The molecule has 5 nitrogen and oxygen atoms in total. The molecule has 0 spiro atoms. The van der Waals surface area contributed by atoms with Crippen LogP contribution in [-0.2, 0) is 13.7 Å². The number of aromatic nitrogens is 3. The maximum Gasteiger partial charge on any atom is 0.163 e. The summed E-state index contributed by atoms with van der Waals surface area (Å²) in [5.74, 6) is 0.584. The fourth-order valence-corrected chi connectivity index (χ4v) is 2.28. The highest BCUT2D eigenvalue weighted by Gasteiger charge is 2.13. The molecule has 0 bridgehead atoms. The zero-order valence-electron chi connectivity index (χ0n) is 11.9.